The van der Waals surface area contributed by atoms with E-state index < -0.39 is 0 Å². The van der Waals surface area contributed by atoms with Gasteiger partial charge in [0.2, 0.25) is 0 Å². The Morgan fingerprint density at radius 3 is 2.00 bits per heavy atom. The predicted octanol–water partition coefficient (Wildman–Crippen LogP) is 2.51. The minimum atomic E-state index is 1.33. The molecule has 0 aliphatic carbocycles. The predicted molar refractivity (Wildman–Crippen MR) is 56.1 cm³/mol. The molecule has 0 aliphatic heterocycles. The van der Waals surface area contributed by atoms with Gasteiger partial charge in [-0.2, -0.15) is 0 Å². The maximum Gasteiger partial charge on any atom is 0.00693 e. The molecule has 0 bridgehead atoms. The zero-order valence-corrected chi connectivity index (χ0v) is 8.45. The summed E-state index contributed by atoms with van der Waals surface area (Å²) in [7, 11) is 0. The highest BCUT2D eigenvalue weighted by Gasteiger charge is 1.85. The van der Waals surface area contributed by atoms with Gasteiger partial charge in [0.15, 0.2) is 0 Å². The van der Waals surface area contributed by atoms with E-state index in [1.807, 2.05) is 0 Å². The molecule has 2 N–H and O–H groups in total. The van der Waals surface area contributed by atoms with Crippen LogP contribution in [0.2, 0.25) is 0 Å². The molecule has 0 radical (unpaired) electrons. The van der Waals surface area contributed by atoms with Gasteiger partial charge in [0, 0.05) is 4.90 Å². The van der Waals surface area contributed by atoms with Crippen LogP contribution in [0, 0.1) is 6.92 Å². The largest absolute Gasteiger partial charge is 0.281 e. The smallest absolute Gasteiger partial charge is 0.00693 e. The number of hydrogen-bond acceptors (Lipinski definition) is 3. The number of benzene rings is 1. The van der Waals surface area contributed by atoms with Gasteiger partial charge < -0.3 is 0 Å². The van der Waals surface area contributed by atoms with Gasteiger partial charge in [0.1, 0.15) is 0 Å². The molecule has 0 unspecified atom stereocenters. The van der Waals surface area contributed by atoms with E-state index in [-0.39, 0.29) is 0 Å². The van der Waals surface area contributed by atoms with E-state index >= 15 is 0 Å². The van der Waals surface area contributed by atoms with Gasteiger partial charge in [-0.05, 0) is 25.3 Å². The van der Waals surface area contributed by atoms with Gasteiger partial charge in [0.25, 0.3) is 0 Å². The molecule has 0 amide bonds. The maximum absolute atomic E-state index is 4.19. The lowest BCUT2D eigenvalue weighted by molar-refractivity contribution is 1.38. The molecule has 62 valence electrons. The van der Waals surface area contributed by atoms with Gasteiger partial charge in [-0.1, -0.05) is 17.7 Å². The Balaban J connectivity index is 0.000000461. The number of aryl methyl sites for hydroxylation is 1. The van der Waals surface area contributed by atoms with Crippen LogP contribution < -0.4 is 5.14 Å². The lowest BCUT2D eigenvalue weighted by atomic mass is 10.2. The van der Waals surface area contributed by atoms with Crippen molar-refractivity contribution in [2.45, 2.75) is 11.8 Å². The zero-order chi connectivity index (χ0) is 8.69. The first kappa shape index (κ1) is 10.9. The molecule has 0 saturated heterocycles. The lowest BCUT2D eigenvalue weighted by Gasteiger charge is -1.93. The summed E-state index contributed by atoms with van der Waals surface area (Å²) in [4.78, 5) is 1.33. The Labute approximate surface area is 77.9 Å². The van der Waals surface area contributed by atoms with Crippen molar-refractivity contribution in [2.24, 2.45) is 5.14 Å². The average molecular weight is 187 g/mol. The van der Waals surface area contributed by atoms with Crippen LogP contribution in [0.25, 0.3) is 0 Å². The van der Waals surface area contributed by atoms with E-state index in [0.29, 0.717) is 0 Å². The molecule has 0 spiro atoms. The molecule has 0 fully saturated rings. The number of thioether (sulfide) groups is 1. The Hall–Kier alpha value is -0.120. The van der Waals surface area contributed by atoms with E-state index in [2.05, 4.69) is 55.4 Å². The van der Waals surface area contributed by atoms with E-state index in [1.54, 1.807) is 11.8 Å². The number of hydrogen-bond donors (Lipinski definition) is 2. The first-order chi connectivity index (χ1) is 5.33. The van der Waals surface area contributed by atoms with Gasteiger partial charge in [0.05, 0.1) is 0 Å². The standard InChI is InChI=1S/C8H10S.H3NS/c1-7-3-5-8(9-2)6-4-7;1-2/h3-6H,1-2H3;2H,1H2. The summed E-state index contributed by atoms with van der Waals surface area (Å²) in [6.45, 7) is 2.10. The molecule has 1 rings (SSSR count). The van der Waals surface area contributed by atoms with Crippen molar-refractivity contribution in [3.63, 3.8) is 0 Å². The Bertz CT molecular complexity index is 184. The fraction of sp³-hybridized carbons (Fsp3) is 0.250. The van der Waals surface area contributed by atoms with Crippen molar-refractivity contribution >= 4 is 24.6 Å². The van der Waals surface area contributed by atoms with Gasteiger partial charge in [-0.3, -0.25) is 5.14 Å². The van der Waals surface area contributed by atoms with Crippen molar-refractivity contribution in [3.8, 4) is 0 Å². The third kappa shape index (κ3) is 4.35. The molecular weight excluding hydrogens is 174 g/mol. The highest BCUT2D eigenvalue weighted by atomic mass is 32.2. The molecule has 0 heterocycles. The maximum atomic E-state index is 4.19. The van der Waals surface area contributed by atoms with Crippen LogP contribution in [0.3, 0.4) is 0 Å². The minimum absolute atomic E-state index is 1.33. The monoisotopic (exact) mass is 187 g/mol. The van der Waals surface area contributed by atoms with Crippen molar-refractivity contribution in [2.75, 3.05) is 6.26 Å². The lowest BCUT2D eigenvalue weighted by Crippen LogP contribution is -1.70. The third-order valence-electron chi connectivity index (χ3n) is 1.26. The summed E-state index contributed by atoms with van der Waals surface area (Å²) in [6.07, 6.45) is 2.09. The molecule has 11 heavy (non-hydrogen) atoms. The molecule has 0 saturated carbocycles. The molecule has 0 aliphatic rings. The summed E-state index contributed by atoms with van der Waals surface area (Å²) < 4.78 is 0. The topological polar surface area (TPSA) is 26.0 Å². The first-order valence-corrected chi connectivity index (χ1v) is 4.93. The number of rotatable bonds is 1. The Morgan fingerprint density at radius 2 is 1.64 bits per heavy atom. The molecule has 0 aromatic heterocycles. The zero-order valence-electron chi connectivity index (χ0n) is 6.74. The van der Waals surface area contributed by atoms with E-state index in [9.17, 15) is 0 Å². The SMILES string of the molecule is CSc1ccc(C)cc1.NS. The quantitative estimate of drug-likeness (QED) is 0.522. The summed E-state index contributed by atoms with van der Waals surface area (Å²) in [6, 6.07) is 8.54. The van der Waals surface area contributed by atoms with Crippen molar-refractivity contribution in [1.82, 2.24) is 0 Å². The molecule has 3 heteroatoms. The highest BCUT2D eigenvalue weighted by molar-refractivity contribution is 7.98. The van der Waals surface area contributed by atoms with Crippen LogP contribution in [-0.4, -0.2) is 6.26 Å². The molecular formula is C8H13NS2. The van der Waals surface area contributed by atoms with Crippen molar-refractivity contribution in [1.29, 1.82) is 0 Å². The van der Waals surface area contributed by atoms with E-state index in [0.717, 1.165) is 0 Å². The molecule has 1 nitrogen and oxygen atoms in total. The van der Waals surface area contributed by atoms with E-state index in [1.165, 1.54) is 10.5 Å². The fourth-order valence-corrected chi connectivity index (χ4v) is 1.08. The minimum Gasteiger partial charge on any atom is -0.281 e. The summed E-state index contributed by atoms with van der Waals surface area (Å²) in [5.74, 6) is 0. The van der Waals surface area contributed by atoms with Crippen molar-refractivity contribution < 1.29 is 0 Å². The van der Waals surface area contributed by atoms with Crippen LogP contribution in [0.4, 0.5) is 0 Å². The normalized spacial score (nSPS) is 8.36. The fourth-order valence-electron chi connectivity index (χ4n) is 0.674. The highest BCUT2D eigenvalue weighted by Crippen LogP contribution is 2.13. The second kappa shape index (κ2) is 6.58. The second-order valence-electron chi connectivity index (χ2n) is 2.02. The first-order valence-electron chi connectivity index (χ1n) is 3.19. The summed E-state index contributed by atoms with van der Waals surface area (Å²) >= 11 is 4.81. The van der Waals surface area contributed by atoms with Crippen LogP contribution in [0.15, 0.2) is 29.2 Å². The van der Waals surface area contributed by atoms with Crippen LogP contribution in [0.1, 0.15) is 5.56 Å². The Morgan fingerprint density at radius 1 is 1.18 bits per heavy atom. The summed E-state index contributed by atoms with van der Waals surface area (Å²) in [5, 5.41) is 4.19. The van der Waals surface area contributed by atoms with Crippen LogP contribution in [0.5, 0.6) is 0 Å². The van der Waals surface area contributed by atoms with Crippen LogP contribution >= 0.6 is 24.6 Å². The molecule has 1 aromatic rings. The average Bonchev–Trinajstić information content (AvgIpc) is 2.10. The number of thiol groups is 1. The second-order valence-corrected chi connectivity index (χ2v) is 2.90. The van der Waals surface area contributed by atoms with Gasteiger partial charge in [-0.25, -0.2) is 0 Å². The van der Waals surface area contributed by atoms with Gasteiger partial charge >= 0.3 is 0 Å². The third-order valence-corrected chi connectivity index (χ3v) is 2.00. The van der Waals surface area contributed by atoms with Gasteiger partial charge in [-0.15, -0.1) is 24.6 Å². The summed E-state index contributed by atoms with van der Waals surface area (Å²) in [5.41, 5.74) is 1.33. The van der Waals surface area contributed by atoms with E-state index in [4.69, 9.17) is 0 Å². The number of nitrogens with two attached hydrogens (primary N) is 1. The Kier molecular flexibility index (Phi) is 6.51. The molecule has 0 atom stereocenters. The van der Waals surface area contributed by atoms with Crippen molar-refractivity contribution in [3.05, 3.63) is 29.8 Å². The molecule has 1 aromatic carbocycles. The van der Waals surface area contributed by atoms with Crippen LogP contribution in [-0.2, 0) is 0 Å².